The third-order valence-electron chi connectivity index (χ3n) is 3.41. The molecule has 1 aliphatic rings. The molecule has 6 heteroatoms. The van der Waals surface area contributed by atoms with E-state index in [4.69, 9.17) is 11.6 Å². The highest BCUT2D eigenvalue weighted by atomic mass is 35.5. The van der Waals surface area contributed by atoms with Crippen LogP contribution in [-0.2, 0) is 4.79 Å². The summed E-state index contributed by atoms with van der Waals surface area (Å²) in [5, 5.41) is 9.35. The van der Waals surface area contributed by atoms with Crippen molar-refractivity contribution in [3.63, 3.8) is 0 Å². The molecule has 1 saturated heterocycles. The van der Waals surface area contributed by atoms with Gasteiger partial charge < -0.3 is 10.0 Å². The molecule has 0 aliphatic carbocycles. The standard InChI is InChI=1S/C13H16ClFN2O2/c1-16-5-7-17(8-6-16)12(13(18)19)9-3-2-4-10(14)11(9)15/h2-4,12H,5-8H2,1H3,(H,18,19). The fraction of sp³-hybridized carbons (Fsp3) is 0.462. The summed E-state index contributed by atoms with van der Waals surface area (Å²) in [6, 6.07) is 3.50. The Morgan fingerprint density at radius 2 is 2.00 bits per heavy atom. The smallest absolute Gasteiger partial charge is 0.325 e. The number of carbonyl (C=O) groups is 1. The topological polar surface area (TPSA) is 43.8 Å². The molecule has 0 aromatic heterocycles. The number of piperazine rings is 1. The van der Waals surface area contributed by atoms with Crippen molar-refractivity contribution in [2.24, 2.45) is 0 Å². The molecule has 19 heavy (non-hydrogen) atoms. The maximum Gasteiger partial charge on any atom is 0.325 e. The molecule has 1 fully saturated rings. The van der Waals surface area contributed by atoms with Crippen molar-refractivity contribution in [2.75, 3.05) is 33.2 Å². The van der Waals surface area contributed by atoms with Crippen LogP contribution < -0.4 is 0 Å². The van der Waals surface area contributed by atoms with E-state index in [1.165, 1.54) is 12.1 Å². The summed E-state index contributed by atoms with van der Waals surface area (Å²) in [7, 11) is 1.98. The highest BCUT2D eigenvalue weighted by Crippen LogP contribution is 2.28. The first-order valence-corrected chi connectivity index (χ1v) is 6.48. The van der Waals surface area contributed by atoms with Crippen LogP contribution in [0.2, 0.25) is 5.02 Å². The van der Waals surface area contributed by atoms with Gasteiger partial charge in [0.2, 0.25) is 0 Å². The number of benzene rings is 1. The Morgan fingerprint density at radius 3 is 2.58 bits per heavy atom. The van der Waals surface area contributed by atoms with Crippen molar-refractivity contribution in [1.29, 1.82) is 0 Å². The van der Waals surface area contributed by atoms with E-state index in [2.05, 4.69) is 4.90 Å². The first-order chi connectivity index (χ1) is 9.00. The lowest BCUT2D eigenvalue weighted by molar-refractivity contribution is -0.144. The van der Waals surface area contributed by atoms with Crippen molar-refractivity contribution in [2.45, 2.75) is 6.04 Å². The zero-order valence-corrected chi connectivity index (χ0v) is 11.4. The fourth-order valence-corrected chi connectivity index (χ4v) is 2.48. The van der Waals surface area contributed by atoms with Crippen molar-refractivity contribution < 1.29 is 14.3 Å². The number of carboxylic acid groups (broad SMARTS) is 1. The van der Waals surface area contributed by atoms with Gasteiger partial charge in [-0.15, -0.1) is 0 Å². The normalized spacial score (nSPS) is 19.3. The predicted octanol–water partition coefficient (Wildman–Crippen LogP) is 1.85. The van der Waals surface area contributed by atoms with Gasteiger partial charge in [-0.05, 0) is 13.1 Å². The van der Waals surface area contributed by atoms with Gasteiger partial charge in [0.25, 0.3) is 0 Å². The van der Waals surface area contributed by atoms with Crippen LogP contribution in [0.15, 0.2) is 18.2 Å². The van der Waals surface area contributed by atoms with E-state index in [0.717, 1.165) is 13.1 Å². The Morgan fingerprint density at radius 1 is 1.37 bits per heavy atom. The van der Waals surface area contributed by atoms with E-state index in [1.807, 2.05) is 7.05 Å². The van der Waals surface area contributed by atoms with Crippen LogP contribution in [0.5, 0.6) is 0 Å². The highest BCUT2D eigenvalue weighted by Gasteiger charge is 2.32. The number of aliphatic carboxylic acids is 1. The van der Waals surface area contributed by atoms with Crippen molar-refractivity contribution >= 4 is 17.6 Å². The Kier molecular flexibility index (Phi) is 4.39. The van der Waals surface area contributed by atoms with Crippen LogP contribution >= 0.6 is 11.6 Å². The average molecular weight is 287 g/mol. The number of rotatable bonds is 3. The summed E-state index contributed by atoms with van der Waals surface area (Å²) in [5.74, 6) is -1.69. The van der Waals surface area contributed by atoms with Crippen LogP contribution in [0.25, 0.3) is 0 Å². The molecular weight excluding hydrogens is 271 g/mol. The molecule has 1 aromatic carbocycles. The minimum Gasteiger partial charge on any atom is -0.480 e. The minimum absolute atomic E-state index is 0.0436. The van der Waals surface area contributed by atoms with E-state index in [9.17, 15) is 14.3 Å². The fourth-order valence-electron chi connectivity index (χ4n) is 2.30. The quantitative estimate of drug-likeness (QED) is 0.921. The van der Waals surface area contributed by atoms with Gasteiger partial charge in [0.15, 0.2) is 0 Å². The van der Waals surface area contributed by atoms with Gasteiger partial charge in [-0.25, -0.2) is 4.39 Å². The Hall–Kier alpha value is -1.17. The molecule has 2 rings (SSSR count). The molecule has 1 unspecified atom stereocenters. The van der Waals surface area contributed by atoms with Crippen LogP contribution in [0.4, 0.5) is 4.39 Å². The zero-order chi connectivity index (χ0) is 14.0. The molecule has 1 N–H and O–H groups in total. The second-order valence-corrected chi connectivity index (χ2v) is 5.13. The van der Waals surface area contributed by atoms with Gasteiger partial charge in [-0.2, -0.15) is 0 Å². The maximum atomic E-state index is 14.0. The third kappa shape index (κ3) is 3.05. The summed E-state index contributed by atoms with van der Waals surface area (Å²) in [6.45, 7) is 2.73. The first-order valence-electron chi connectivity index (χ1n) is 6.10. The Balaban J connectivity index is 2.30. The Bertz CT molecular complexity index is 476. The van der Waals surface area contributed by atoms with Crippen LogP contribution in [0, 0.1) is 5.82 Å². The van der Waals surface area contributed by atoms with Crippen molar-refractivity contribution in [3.05, 3.63) is 34.6 Å². The molecule has 1 heterocycles. The molecule has 0 radical (unpaired) electrons. The average Bonchev–Trinajstić information content (AvgIpc) is 2.37. The minimum atomic E-state index is -1.05. The molecule has 0 spiro atoms. The Labute approximate surface area is 116 Å². The summed E-state index contributed by atoms with van der Waals surface area (Å²) in [5.41, 5.74) is 0.129. The second kappa shape index (κ2) is 5.86. The molecular formula is C13H16ClFN2O2. The first kappa shape index (κ1) is 14.2. The van der Waals surface area contributed by atoms with Crippen LogP contribution in [-0.4, -0.2) is 54.1 Å². The molecule has 1 aliphatic heterocycles. The van der Waals surface area contributed by atoms with Gasteiger partial charge >= 0.3 is 5.97 Å². The van der Waals surface area contributed by atoms with E-state index in [1.54, 1.807) is 11.0 Å². The van der Waals surface area contributed by atoms with E-state index in [0.29, 0.717) is 13.1 Å². The van der Waals surface area contributed by atoms with Gasteiger partial charge in [0.05, 0.1) is 5.02 Å². The monoisotopic (exact) mass is 286 g/mol. The number of nitrogens with zero attached hydrogens (tertiary/aromatic N) is 2. The molecule has 0 saturated carbocycles. The largest absolute Gasteiger partial charge is 0.480 e. The van der Waals surface area contributed by atoms with Crippen molar-refractivity contribution in [3.8, 4) is 0 Å². The number of hydrogen-bond acceptors (Lipinski definition) is 3. The summed E-state index contributed by atoms with van der Waals surface area (Å²) < 4.78 is 14.0. The van der Waals surface area contributed by atoms with Crippen LogP contribution in [0.1, 0.15) is 11.6 Å². The lowest BCUT2D eigenvalue weighted by atomic mass is 10.0. The molecule has 4 nitrogen and oxygen atoms in total. The number of halogens is 2. The van der Waals surface area contributed by atoms with E-state index < -0.39 is 17.8 Å². The molecule has 1 aromatic rings. The maximum absolute atomic E-state index is 14.0. The predicted molar refractivity (Wildman–Crippen MR) is 70.9 cm³/mol. The summed E-state index contributed by atoms with van der Waals surface area (Å²) >= 11 is 5.73. The van der Waals surface area contributed by atoms with Gasteiger partial charge in [0, 0.05) is 31.7 Å². The molecule has 0 bridgehead atoms. The molecule has 1 atom stereocenters. The zero-order valence-electron chi connectivity index (χ0n) is 10.6. The highest BCUT2D eigenvalue weighted by molar-refractivity contribution is 6.30. The number of likely N-dealkylation sites (N-methyl/N-ethyl adjacent to an activating group) is 1. The number of carboxylic acids is 1. The number of hydrogen-bond donors (Lipinski definition) is 1. The van der Waals surface area contributed by atoms with Gasteiger partial charge in [0.1, 0.15) is 11.9 Å². The lowest BCUT2D eigenvalue weighted by Crippen LogP contribution is -2.48. The van der Waals surface area contributed by atoms with Crippen molar-refractivity contribution in [1.82, 2.24) is 9.80 Å². The summed E-state index contributed by atoms with van der Waals surface area (Å²) in [4.78, 5) is 15.4. The second-order valence-electron chi connectivity index (χ2n) is 4.72. The SMILES string of the molecule is CN1CCN(C(C(=O)O)c2cccc(Cl)c2F)CC1. The summed E-state index contributed by atoms with van der Waals surface area (Å²) in [6.07, 6.45) is 0. The molecule has 0 amide bonds. The third-order valence-corrected chi connectivity index (χ3v) is 3.70. The van der Waals surface area contributed by atoms with Gasteiger partial charge in [-0.1, -0.05) is 23.7 Å². The van der Waals surface area contributed by atoms with E-state index >= 15 is 0 Å². The van der Waals surface area contributed by atoms with E-state index in [-0.39, 0.29) is 10.6 Å². The van der Waals surface area contributed by atoms with Crippen LogP contribution in [0.3, 0.4) is 0 Å². The molecule has 104 valence electrons. The van der Waals surface area contributed by atoms with Gasteiger partial charge in [-0.3, -0.25) is 9.69 Å². The lowest BCUT2D eigenvalue weighted by Gasteiger charge is -2.36.